The van der Waals surface area contributed by atoms with E-state index < -0.39 is 0 Å². The van der Waals surface area contributed by atoms with Crippen LogP contribution in [-0.4, -0.2) is 11.1 Å². The normalized spacial score (nSPS) is 11.1. The van der Waals surface area contributed by atoms with Crippen molar-refractivity contribution in [3.05, 3.63) is 44.7 Å². The number of aryl methyl sites for hydroxylation is 2. The third kappa shape index (κ3) is 1.96. The Kier molecular flexibility index (Phi) is 3.22. The minimum Gasteiger partial charge on any atom is -0.330 e. The van der Waals surface area contributed by atoms with Gasteiger partial charge < -0.3 is 10.3 Å². The van der Waals surface area contributed by atoms with Crippen LogP contribution in [0.15, 0.2) is 23.0 Å². The van der Waals surface area contributed by atoms with Gasteiger partial charge in [0.1, 0.15) is 0 Å². The van der Waals surface area contributed by atoms with Gasteiger partial charge in [-0.3, -0.25) is 4.79 Å². The highest BCUT2D eigenvalue weighted by atomic mass is 35.5. The molecule has 0 aliphatic rings. The first-order chi connectivity index (χ1) is 8.06. The Morgan fingerprint density at radius 2 is 2.12 bits per heavy atom. The molecule has 0 aliphatic heterocycles. The fraction of sp³-hybridized carbons (Fsp3) is 0.308. The van der Waals surface area contributed by atoms with Crippen molar-refractivity contribution in [2.24, 2.45) is 12.8 Å². The second-order valence-electron chi connectivity index (χ2n) is 4.17. The molecular formula is C13H15ClN2O. The summed E-state index contributed by atoms with van der Waals surface area (Å²) >= 11 is 6.00. The lowest BCUT2D eigenvalue weighted by Gasteiger charge is -2.12. The van der Waals surface area contributed by atoms with Gasteiger partial charge in [0.2, 0.25) is 0 Å². The van der Waals surface area contributed by atoms with E-state index in [1.165, 1.54) is 0 Å². The van der Waals surface area contributed by atoms with Gasteiger partial charge in [-0.1, -0.05) is 11.6 Å². The van der Waals surface area contributed by atoms with E-state index in [9.17, 15) is 4.79 Å². The summed E-state index contributed by atoms with van der Waals surface area (Å²) in [7, 11) is 1.78. The van der Waals surface area contributed by atoms with Crippen molar-refractivity contribution in [3.63, 3.8) is 0 Å². The maximum Gasteiger partial charge on any atom is 0.254 e. The van der Waals surface area contributed by atoms with E-state index in [-0.39, 0.29) is 5.56 Å². The summed E-state index contributed by atoms with van der Waals surface area (Å²) in [6.45, 7) is 2.42. The lowest BCUT2D eigenvalue weighted by Crippen LogP contribution is -2.24. The predicted molar refractivity (Wildman–Crippen MR) is 71.7 cm³/mol. The van der Waals surface area contributed by atoms with Crippen LogP contribution in [0.2, 0.25) is 5.02 Å². The van der Waals surface area contributed by atoms with Gasteiger partial charge in [0, 0.05) is 23.0 Å². The second kappa shape index (κ2) is 4.51. The molecule has 3 nitrogen and oxygen atoms in total. The molecule has 0 amide bonds. The van der Waals surface area contributed by atoms with Crippen LogP contribution in [0.3, 0.4) is 0 Å². The number of nitrogens with zero attached hydrogens (tertiary/aromatic N) is 1. The summed E-state index contributed by atoms with van der Waals surface area (Å²) in [5.41, 5.74) is 8.24. The standard InChI is InChI=1S/C13H15ClN2O/c1-8-10(5-6-15)13(17)16(2)12-4-3-9(14)7-11(8)12/h3-4,7H,5-6,15H2,1-2H3. The molecule has 0 spiro atoms. The van der Waals surface area contributed by atoms with E-state index in [0.717, 1.165) is 22.0 Å². The highest BCUT2D eigenvalue weighted by Crippen LogP contribution is 2.22. The number of hydrogen-bond donors (Lipinski definition) is 1. The Morgan fingerprint density at radius 1 is 1.41 bits per heavy atom. The Balaban J connectivity index is 2.90. The average molecular weight is 251 g/mol. The number of fused-ring (bicyclic) bond motifs is 1. The summed E-state index contributed by atoms with van der Waals surface area (Å²) in [4.78, 5) is 12.2. The van der Waals surface area contributed by atoms with Crippen molar-refractivity contribution in [1.29, 1.82) is 0 Å². The van der Waals surface area contributed by atoms with Gasteiger partial charge in [0.05, 0.1) is 5.52 Å². The number of rotatable bonds is 2. The fourth-order valence-electron chi connectivity index (χ4n) is 2.17. The third-order valence-electron chi connectivity index (χ3n) is 3.13. The molecule has 1 aromatic heterocycles. The molecule has 1 aromatic carbocycles. The van der Waals surface area contributed by atoms with E-state index in [4.69, 9.17) is 17.3 Å². The molecule has 2 rings (SSSR count). The summed E-state index contributed by atoms with van der Waals surface area (Å²) < 4.78 is 1.66. The van der Waals surface area contributed by atoms with E-state index in [0.29, 0.717) is 18.0 Å². The number of halogens is 1. The molecular weight excluding hydrogens is 236 g/mol. The number of hydrogen-bond acceptors (Lipinski definition) is 2. The molecule has 0 aliphatic carbocycles. The molecule has 0 bridgehead atoms. The molecule has 2 aromatic rings. The van der Waals surface area contributed by atoms with Crippen molar-refractivity contribution < 1.29 is 0 Å². The highest BCUT2D eigenvalue weighted by molar-refractivity contribution is 6.31. The van der Waals surface area contributed by atoms with Gasteiger partial charge in [-0.2, -0.15) is 0 Å². The average Bonchev–Trinajstić information content (AvgIpc) is 2.32. The van der Waals surface area contributed by atoms with Crippen molar-refractivity contribution in [2.75, 3.05) is 6.54 Å². The van der Waals surface area contributed by atoms with Crippen LogP contribution in [0.25, 0.3) is 10.9 Å². The van der Waals surface area contributed by atoms with Crippen molar-refractivity contribution in [3.8, 4) is 0 Å². The minimum atomic E-state index is 0.0303. The van der Waals surface area contributed by atoms with Gasteiger partial charge in [0.25, 0.3) is 5.56 Å². The number of benzene rings is 1. The van der Waals surface area contributed by atoms with Gasteiger partial charge in [-0.15, -0.1) is 0 Å². The SMILES string of the molecule is Cc1c(CCN)c(=O)n(C)c2ccc(Cl)cc12. The maximum absolute atomic E-state index is 12.2. The predicted octanol–water partition coefficient (Wildman–Crippen LogP) is 2.00. The number of aromatic nitrogens is 1. The third-order valence-corrected chi connectivity index (χ3v) is 3.37. The molecule has 0 saturated heterocycles. The van der Waals surface area contributed by atoms with Crippen LogP contribution in [0.5, 0.6) is 0 Å². The smallest absolute Gasteiger partial charge is 0.254 e. The molecule has 0 fully saturated rings. The molecule has 2 N–H and O–H groups in total. The van der Waals surface area contributed by atoms with Gasteiger partial charge in [-0.05, 0) is 43.7 Å². The molecule has 0 saturated carbocycles. The Hall–Kier alpha value is -1.32. The molecule has 1 heterocycles. The first-order valence-corrected chi connectivity index (χ1v) is 5.92. The lowest BCUT2D eigenvalue weighted by molar-refractivity contribution is 0.849. The van der Waals surface area contributed by atoms with E-state index in [2.05, 4.69) is 0 Å². The first-order valence-electron chi connectivity index (χ1n) is 5.54. The lowest BCUT2D eigenvalue weighted by atomic mass is 10.0. The maximum atomic E-state index is 12.2. The molecule has 0 unspecified atom stereocenters. The molecule has 4 heteroatoms. The van der Waals surface area contributed by atoms with Crippen LogP contribution in [0.1, 0.15) is 11.1 Å². The Morgan fingerprint density at radius 3 is 2.76 bits per heavy atom. The van der Waals surface area contributed by atoms with Gasteiger partial charge in [-0.25, -0.2) is 0 Å². The summed E-state index contributed by atoms with van der Waals surface area (Å²) in [5.74, 6) is 0. The number of nitrogens with two attached hydrogens (primary N) is 1. The first kappa shape index (κ1) is 12.1. The molecule has 0 atom stereocenters. The van der Waals surface area contributed by atoms with E-state index >= 15 is 0 Å². The molecule has 90 valence electrons. The summed E-state index contributed by atoms with van der Waals surface area (Å²) in [5, 5.41) is 1.70. The summed E-state index contributed by atoms with van der Waals surface area (Å²) in [6.07, 6.45) is 0.598. The quantitative estimate of drug-likeness (QED) is 0.886. The van der Waals surface area contributed by atoms with Crippen LogP contribution in [0.4, 0.5) is 0 Å². The van der Waals surface area contributed by atoms with E-state index in [1.54, 1.807) is 17.7 Å². The zero-order valence-corrected chi connectivity index (χ0v) is 10.7. The zero-order chi connectivity index (χ0) is 12.6. The monoisotopic (exact) mass is 250 g/mol. The minimum absolute atomic E-state index is 0.0303. The summed E-state index contributed by atoms with van der Waals surface area (Å²) in [6, 6.07) is 5.56. The van der Waals surface area contributed by atoms with E-state index in [1.807, 2.05) is 19.1 Å². The highest BCUT2D eigenvalue weighted by Gasteiger charge is 2.11. The van der Waals surface area contributed by atoms with Gasteiger partial charge >= 0.3 is 0 Å². The Bertz CT molecular complexity index is 631. The number of pyridine rings is 1. The largest absolute Gasteiger partial charge is 0.330 e. The topological polar surface area (TPSA) is 48.0 Å². The second-order valence-corrected chi connectivity index (χ2v) is 4.60. The van der Waals surface area contributed by atoms with Crippen LogP contribution in [-0.2, 0) is 13.5 Å². The molecule has 17 heavy (non-hydrogen) atoms. The van der Waals surface area contributed by atoms with Crippen molar-refractivity contribution in [1.82, 2.24) is 4.57 Å². The van der Waals surface area contributed by atoms with Crippen LogP contribution in [0, 0.1) is 6.92 Å². The van der Waals surface area contributed by atoms with Crippen LogP contribution >= 0.6 is 11.6 Å². The molecule has 0 radical (unpaired) electrons. The van der Waals surface area contributed by atoms with Crippen molar-refractivity contribution in [2.45, 2.75) is 13.3 Å². The Labute approximate surface area is 105 Å². The van der Waals surface area contributed by atoms with Crippen LogP contribution < -0.4 is 11.3 Å². The van der Waals surface area contributed by atoms with Crippen molar-refractivity contribution >= 4 is 22.5 Å². The van der Waals surface area contributed by atoms with Gasteiger partial charge in [0.15, 0.2) is 0 Å². The fourth-order valence-corrected chi connectivity index (χ4v) is 2.35. The zero-order valence-electron chi connectivity index (χ0n) is 9.96.